The molecule has 0 aromatic heterocycles. The van der Waals surface area contributed by atoms with Gasteiger partial charge in [-0.2, -0.15) is 13.2 Å². The first-order valence-electron chi connectivity index (χ1n) is 6.62. The molecule has 0 spiro atoms. The predicted molar refractivity (Wildman–Crippen MR) is 76.1 cm³/mol. The van der Waals surface area contributed by atoms with Gasteiger partial charge in [0.2, 0.25) is 5.91 Å². The molecule has 0 bridgehead atoms. The quantitative estimate of drug-likeness (QED) is 0.898. The van der Waals surface area contributed by atoms with E-state index >= 15 is 0 Å². The van der Waals surface area contributed by atoms with Gasteiger partial charge in [-0.15, -0.1) is 12.4 Å². The second-order valence-corrected chi connectivity index (χ2v) is 4.90. The van der Waals surface area contributed by atoms with E-state index in [2.05, 4.69) is 10.6 Å². The molecule has 0 radical (unpaired) electrons. The number of amides is 1. The first kappa shape index (κ1) is 17.8. The van der Waals surface area contributed by atoms with E-state index in [4.69, 9.17) is 0 Å². The van der Waals surface area contributed by atoms with Crippen LogP contribution in [0.2, 0.25) is 0 Å². The molecular formula is C14H18ClF3N2O. The Kier molecular flexibility index (Phi) is 6.48. The average molecular weight is 323 g/mol. The van der Waals surface area contributed by atoms with E-state index in [1.807, 2.05) is 0 Å². The normalized spacial score (nSPS) is 16.1. The molecule has 0 atom stereocenters. The minimum atomic E-state index is -4.39. The molecule has 1 heterocycles. The highest BCUT2D eigenvalue weighted by molar-refractivity contribution is 5.85. The van der Waals surface area contributed by atoms with Crippen molar-refractivity contribution in [1.82, 2.24) is 10.6 Å². The van der Waals surface area contributed by atoms with Crippen molar-refractivity contribution < 1.29 is 18.0 Å². The van der Waals surface area contributed by atoms with Gasteiger partial charge in [-0.05, 0) is 37.6 Å². The second-order valence-electron chi connectivity index (χ2n) is 4.90. The Hall–Kier alpha value is -1.27. The van der Waals surface area contributed by atoms with Gasteiger partial charge >= 0.3 is 6.18 Å². The second kappa shape index (κ2) is 7.66. The summed E-state index contributed by atoms with van der Waals surface area (Å²) >= 11 is 0. The summed E-state index contributed by atoms with van der Waals surface area (Å²) in [5, 5.41) is 5.76. The van der Waals surface area contributed by atoms with Gasteiger partial charge in [0.25, 0.3) is 0 Å². The third-order valence-electron chi connectivity index (χ3n) is 3.49. The Bertz CT molecular complexity index is 474. The lowest BCUT2D eigenvalue weighted by atomic mass is 9.97. The summed E-state index contributed by atoms with van der Waals surface area (Å²) in [7, 11) is 0. The van der Waals surface area contributed by atoms with Crippen LogP contribution >= 0.6 is 12.4 Å². The molecule has 2 rings (SSSR count). The fourth-order valence-electron chi connectivity index (χ4n) is 2.36. The summed E-state index contributed by atoms with van der Waals surface area (Å²) in [6, 6.07) is 5.32. The zero-order chi connectivity index (χ0) is 14.6. The molecule has 1 aromatic carbocycles. The largest absolute Gasteiger partial charge is 0.416 e. The minimum absolute atomic E-state index is 0. The van der Waals surface area contributed by atoms with E-state index in [-0.39, 0.29) is 36.3 Å². The van der Waals surface area contributed by atoms with E-state index in [0.29, 0.717) is 0 Å². The molecule has 2 N–H and O–H groups in total. The number of carbonyl (C=O) groups is 1. The number of hydrogen-bond acceptors (Lipinski definition) is 2. The highest BCUT2D eigenvalue weighted by Gasteiger charge is 2.33. The van der Waals surface area contributed by atoms with Crippen molar-refractivity contribution in [2.75, 3.05) is 13.1 Å². The van der Waals surface area contributed by atoms with Crippen LogP contribution in [0, 0.1) is 5.92 Å². The third-order valence-corrected chi connectivity index (χ3v) is 3.49. The Labute approximate surface area is 127 Å². The molecule has 1 fully saturated rings. The van der Waals surface area contributed by atoms with Crippen molar-refractivity contribution >= 4 is 18.3 Å². The fourth-order valence-corrected chi connectivity index (χ4v) is 2.36. The van der Waals surface area contributed by atoms with Crippen LogP contribution in [0.25, 0.3) is 0 Å². The van der Waals surface area contributed by atoms with Crippen LogP contribution in [0.4, 0.5) is 13.2 Å². The Morgan fingerprint density at radius 1 is 1.24 bits per heavy atom. The molecule has 21 heavy (non-hydrogen) atoms. The van der Waals surface area contributed by atoms with Crippen molar-refractivity contribution in [3.8, 4) is 0 Å². The third kappa shape index (κ3) is 4.89. The average Bonchev–Trinajstić information content (AvgIpc) is 2.45. The van der Waals surface area contributed by atoms with Gasteiger partial charge < -0.3 is 10.6 Å². The predicted octanol–water partition coefficient (Wildman–Crippen LogP) is 2.74. The zero-order valence-corrected chi connectivity index (χ0v) is 12.2. The summed E-state index contributed by atoms with van der Waals surface area (Å²) in [6.45, 7) is 1.47. The van der Waals surface area contributed by atoms with E-state index in [0.717, 1.165) is 32.0 Å². The first-order valence-corrected chi connectivity index (χ1v) is 6.62. The highest BCUT2D eigenvalue weighted by Crippen LogP contribution is 2.31. The summed E-state index contributed by atoms with van der Waals surface area (Å²) in [4.78, 5) is 11.9. The van der Waals surface area contributed by atoms with Gasteiger partial charge in [0.1, 0.15) is 0 Å². The number of nitrogens with one attached hydrogen (secondary N) is 2. The van der Waals surface area contributed by atoms with Crippen LogP contribution in [0.15, 0.2) is 24.3 Å². The smallest absolute Gasteiger partial charge is 0.352 e. The van der Waals surface area contributed by atoms with Crippen molar-refractivity contribution in [2.24, 2.45) is 5.92 Å². The van der Waals surface area contributed by atoms with Gasteiger partial charge in [0.05, 0.1) is 5.56 Å². The maximum absolute atomic E-state index is 12.8. The summed E-state index contributed by atoms with van der Waals surface area (Å²) in [5.41, 5.74) is -0.590. The molecule has 1 saturated heterocycles. The van der Waals surface area contributed by atoms with E-state index < -0.39 is 11.7 Å². The van der Waals surface area contributed by atoms with Gasteiger partial charge in [-0.25, -0.2) is 0 Å². The topological polar surface area (TPSA) is 41.1 Å². The van der Waals surface area contributed by atoms with Gasteiger partial charge in [0, 0.05) is 12.5 Å². The van der Waals surface area contributed by atoms with Crippen LogP contribution in [0.1, 0.15) is 24.0 Å². The number of alkyl halides is 3. The van der Waals surface area contributed by atoms with Crippen LogP contribution in [-0.2, 0) is 17.5 Å². The van der Waals surface area contributed by atoms with Crippen molar-refractivity contribution in [3.05, 3.63) is 35.4 Å². The van der Waals surface area contributed by atoms with Crippen LogP contribution < -0.4 is 10.6 Å². The maximum atomic E-state index is 12.8. The number of hydrogen-bond donors (Lipinski definition) is 2. The number of halogens is 4. The monoisotopic (exact) mass is 322 g/mol. The molecule has 1 aliphatic rings. The molecule has 1 aliphatic heterocycles. The van der Waals surface area contributed by atoms with Gasteiger partial charge in [0.15, 0.2) is 0 Å². The lowest BCUT2D eigenvalue weighted by Crippen LogP contribution is -2.38. The number of carbonyl (C=O) groups excluding carboxylic acids is 1. The Balaban J connectivity index is 0.00000220. The summed E-state index contributed by atoms with van der Waals surface area (Å²) < 4.78 is 38.4. The maximum Gasteiger partial charge on any atom is 0.416 e. The number of benzene rings is 1. The molecule has 1 aromatic rings. The van der Waals surface area contributed by atoms with Crippen molar-refractivity contribution in [2.45, 2.75) is 25.6 Å². The van der Waals surface area contributed by atoms with Gasteiger partial charge in [-0.3, -0.25) is 4.79 Å². The molecule has 0 saturated carbocycles. The summed E-state index contributed by atoms with van der Waals surface area (Å²) in [5.74, 6) is -0.266. The standard InChI is InChI=1S/C14H17F3N2O.ClH/c15-14(16,17)12-4-2-1-3-11(12)9-19-13(20)10-5-7-18-8-6-10;/h1-4,10,18H,5-9H2,(H,19,20);1H. The fraction of sp³-hybridized carbons (Fsp3) is 0.500. The molecule has 7 heteroatoms. The number of rotatable bonds is 3. The molecule has 118 valence electrons. The SMILES string of the molecule is Cl.O=C(NCc1ccccc1C(F)(F)F)C1CCNCC1. The zero-order valence-electron chi connectivity index (χ0n) is 11.4. The van der Waals surface area contributed by atoms with Crippen molar-refractivity contribution in [1.29, 1.82) is 0 Å². The molecule has 3 nitrogen and oxygen atoms in total. The Morgan fingerprint density at radius 3 is 2.48 bits per heavy atom. The van der Waals surface area contributed by atoms with Crippen LogP contribution in [0.3, 0.4) is 0 Å². The lowest BCUT2D eigenvalue weighted by Gasteiger charge is -2.22. The van der Waals surface area contributed by atoms with Crippen molar-refractivity contribution in [3.63, 3.8) is 0 Å². The molecule has 0 aliphatic carbocycles. The first-order chi connectivity index (χ1) is 9.48. The van der Waals surface area contributed by atoms with E-state index in [1.165, 1.54) is 12.1 Å². The van der Waals surface area contributed by atoms with E-state index in [9.17, 15) is 18.0 Å². The van der Waals surface area contributed by atoms with Crippen LogP contribution in [-0.4, -0.2) is 19.0 Å². The lowest BCUT2D eigenvalue weighted by molar-refractivity contribution is -0.138. The van der Waals surface area contributed by atoms with E-state index in [1.54, 1.807) is 6.07 Å². The van der Waals surface area contributed by atoms with Crippen LogP contribution in [0.5, 0.6) is 0 Å². The molecule has 0 unspecified atom stereocenters. The Morgan fingerprint density at radius 2 is 1.86 bits per heavy atom. The van der Waals surface area contributed by atoms with Gasteiger partial charge in [-0.1, -0.05) is 18.2 Å². The highest BCUT2D eigenvalue weighted by atomic mass is 35.5. The summed E-state index contributed by atoms with van der Waals surface area (Å²) in [6.07, 6.45) is -2.93. The number of piperidine rings is 1. The minimum Gasteiger partial charge on any atom is -0.352 e. The molecular weight excluding hydrogens is 305 g/mol. The molecule has 1 amide bonds.